The molecule has 0 unspecified atom stereocenters. The SMILES string of the molecule is Cc1cc(C)c(C)c(C)n1.Cc1cc(C)c(C)cn1.Cc1cc(C)nc(C)c1.Cc1ccc(C)c(C)n1.Cc1ccc(C)c(C)n1.Cc1cccnc1C.Cc1ccncc1C.Cc1cncc(C)c1C.Cc1nc(C)c(C)c(C)c1C. The fraction of sp³-hybridized carbons (Fsp3) is 0.384. The summed E-state index contributed by atoms with van der Waals surface area (Å²) in [6.45, 7) is 57.8. The van der Waals surface area contributed by atoms with E-state index in [9.17, 15) is 0 Å². The molecule has 0 saturated carbocycles. The fourth-order valence-electron chi connectivity index (χ4n) is 7.52. The van der Waals surface area contributed by atoms with Crippen molar-refractivity contribution in [2.45, 2.75) is 194 Å². The van der Waals surface area contributed by atoms with E-state index in [1.165, 1.54) is 89.0 Å². The summed E-state index contributed by atoms with van der Waals surface area (Å²) in [5.74, 6) is 0. The quantitative estimate of drug-likeness (QED) is 0.146. The predicted octanol–water partition coefficient (Wildman–Crippen LogP) is 18.4. The molecule has 9 heterocycles. The summed E-state index contributed by atoms with van der Waals surface area (Å²) in [7, 11) is 0. The van der Waals surface area contributed by atoms with Gasteiger partial charge in [0, 0.05) is 106 Å². The number of aromatic nitrogens is 9. The van der Waals surface area contributed by atoms with Gasteiger partial charge in [-0.15, -0.1) is 0 Å². The Morgan fingerprint density at radius 2 is 0.646 bits per heavy atom. The van der Waals surface area contributed by atoms with Crippen LogP contribution in [0, 0.1) is 194 Å². The van der Waals surface area contributed by atoms with E-state index in [4.69, 9.17) is 0 Å². The number of hydrogen-bond acceptors (Lipinski definition) is 9. The minimum absolute atomic E-state index is 1.10. The summed E-state index contributed by atoms with van der Waals surface area (Å²) < 4.78 is 0. The number of aryl methyl sites for hydroxylation is 23. The van der Waals surface area contributed by atoms with Gasteiger partial charge in [0.25, 0.3) is 0 Å². The van der Waals surface area contributed by atoms with Gasteiger partial charge < -0.3 is 0 Å². The molecule has 0 aliphatic heterocycles. The summed E-state index contributed by atoms with van der Waals surface area (Å²) in [6, 6.07) is 22.6. The molecule has 0 atom stereocenters. The molecular formula is C73H101N9. The van der Waals surface area contributed by atoms with Crippen LogP contribution in [0.25, 0.3) is 0 Å². The molecule has 9 nitrogen and oxygen atoms in total. The van der Waals surface area contributed by atoms with Gasteiger partial charge in [-0.2, -0.15) is 0 Å². The smallest absolute Gasteiger partial charge is 0.0407 e. The first-order chi connectivity index (χ1) is 38.2. The van der Waals surface area contributed by atoms with Crippen molar-refractivity contribution in [3.05, 3.63) is 261 Å². The Balaban J connectivity index is 0.000000462. The van der Waals surface area contributed by atoms with Gasteiger partial charge in [-0.1, -0.05) is 18.2 Å². The van der Waals surface area contributed by atoms with E-state index in [0.29, 0.717) is 0 Å². The van der Waals surface area contributed by atoms with Crippen molar-refractivity contribution in [2.75, 3.05) is 0 Å². The largest absolute Gasteiger partial charge is 0.264 e. The van der Waals surface area contributed by atoms with Gasteiger partial charge in [-0.25, -0.2) is 0 Å². The van der Waals surface area contributed by atoms with Crippen LogP contribution < -0.4 is 0 Å². The molecule has 0 bridgehead atoms. The van der Waals surface area contributed by atoms with Crippen LogP contribution in [0.4, 0.5) is 0 Å². The molecule has 9 rings (SSSR count). The summed E-state index contributed by atoms with van der Waals surface area (Å²) in [5.41, 5.74) is 34.3. The monoisotopic (exact) mass is 1100 g/mol. The van der Waals surface area contributed by atoms with Crippen molar-refractivity contribution in [2.24, 2.45) is 0 Å². The first-order valence-electron chi connectivity index (χ1n) is 28.3. The number of rotatable bonds is 0. The normalized spacial score (nSPS) is 9.71. The molecule has 0 N–H and O–H groups in total. The standard InChI is InChI=1S/C10H15N.C9H13N.5C8H11N.2C7H9N/c1-6-7(2)9(4)11-10(5)8(6)3;1-6-5-7(2)10-9(4)8(6)3;1-6-4-9-5-7(2)8(6)3;1-6-4-8(3)9-5-7(6)2;1-6-4-7(2)9-8(3)5-6;2*1-6-4-5-7(2)9-8(6)3;1-6-3-4-8-5-7(6)2;1-6-4-3-5-8-7(6)2/h1-5H3;5H,1-4H3;5*4-5H,1-3H3;2*3-5H,1-2H3. The maximum absolute atomic E-state index is 4.43. The Morgan fingerprint density at radius 1 is 0.220 bits per heavy atom. The lowest BCUT2D eigenvalue weighted by Crippen LogP contribution is -1.98. The topological polar surface area (TPSA) is 116 Å². The van der Waals surface area contributed by atoms with Crippen LogP contribution in [0.1, 0.15) is 157 Å². The third-order valence-electron chi connectivity index (χ3n) is 14.5. The van der Waals surface area contributed by atoms with Gasteiger partial charge in [0.15, 0.2) is 0 Å². The molecule has 0 aliphatic rings. The van der Waals surface area contributed by atoms with Gasteiger partial charge in [0.05, 0.1) is 0 Å². The van der Waals surface area contributed by atoms with Crippen LogP contribution in [0.5, 0.6) is 0 Å². The van der Waals surface area contributed by atoms with Crippen molar-refractivity contribution in [3.8, 4) is 0 Å². The molecule has 0 aliphatic carbocycles. The van der Waals surface area contributed by atoms with E-state index < -0.39 is 0 Å². The molecule has 0 spiro atoms. The zero-order chi connectivity index (χ0) is 62.6. The van der Waals surface area contributed by atoms with E-state index >= 15 is 0 Å². The minimum Gasteiger partial charge on any atom is -0.264 e. The Morgan fingerprint density at radius 3 is 1.00 bits per heavy atom. The lowest BCUT2D eigenvalue weighted by atomic mass is 10.0. The van der Waals surface area contributed by atoms with Gasteiger partial charge in [0.1, 0.15) is 0 Å². The van der Waals surface area contributed by atoms with Gasteiger partial charge >= 0.3 is 0 Å². The van der Waals surface area contributed by atoms with Crippen molar-refractivity contribution >= 4 is 0 Å². The maximum atomic E-state index is 4.43. The third kappa shape index (κ3) is 27.7. The second-order valence-corrected chi connectivity index (χ2v) is 21.8. The molecule has 0 radical (unpaired) electrons. The van der Waals surface area contributed by atoms with E-state index in [-0.39, 0.29) is 0 Å². The molecule has 0 amide bonds. The van der Waals surface area contributed by atoms with Gasteiger partial charge in [-0.3, -0.25) is 44.9 Å². The highest BCUT2D eigenvalue weighted by molar-refractivity contribution is 5.37. The highest BCUT2D eigenvalue weighted by Gasteiger charge is 2.04. The molecule has 438 valence electrons. The molecular weight excluding hydrogens is 1000 g/mol. The van der Waals surface area contributed by atoms with E-state index in [1.807, 2.05) is 124 Å². The van der Waals surface area contributed by atoms with Crippen LogP contribution in [-0.4, -0.2) is 44.9 Å². The summed E-state index contributed by atoms with van der Waals surface area (Å²) in [6.07, 6.45) is 11.2. The van der Waals surface area contributed by atoms with Crippen molar-refractivity contribution < 1.29 is 0 Å². The summed E-state index contributed by atoms with van der Waals surface area (Å²) in [5, 5.41) is 0. The van der Waals surface area contributed by atoms with Crippen LogP contribution in [-0.2, 0) is 0 Å². The number of pyridine rings is 9. The predicted molar refractivity (Wildman–Crippen MR) is 351 cm³/mol. The molecule has 0 saturated heterocycles. The Kier molecular flexibility index (Phi) is 32.3. The fourth-order valence-corrected chi connectivity index (χ4v) is 7.52. The molecule has 0 aromatic carbocycles. The molecule has 9 aromatic heterocycles. The van der Waals surface area contributed by atoms with Gasteiger partial charge in [-0.05, 0) is 331 Å². The van der Waals surface area contributed by atoms with Crippen molar-refractivity contribution in [1.82, 2.24) is 44.9 Å². The highest BCUT2D eigenvalue weighted by atomic mass is 14.7. The van der Waals surface area contributed by atoms with E-state index in [2.05, 4.69) is 219 Å². The van der Waals surface area contributed by atoms with Crippen LogP contribution in [0.2, 0.25) is 0 Å². The van der Waals surface area contributed by atoms with Crippen LogP contribution in [0.3, 0.4) is 0 Å². The first kappa shape index (κ1) is 72.4. The van der Waals surface area contributed by atoms with Crippen LogP contribution in [0.15, 0.2) is 104 Å². The average Bonchev–Trinajstić information content (AvgIpc) is 3.42. The molecule has 0 fully saturated rings. The van der Waals surface area contributed by atoms with E-state index in [0.717, 1.165) is 68.3 Å². The second kappa shape index (κ2) is 36.7. The lowest BCUT2D eigenvalue weighted by molar-refractivity contribution is 1.03. The zero-order valence-electron chi connectivity index (χ0n) is 55.8. The number of hydrogen-bond donors (Lipinski definition) is 0. The highest BCUT2D eigenvalue weighted by Crippen LogP contribution is 2.17. The van der Waals surface area contributed by atoms with E-state index in [1.54, 1.807) is 0 Å². The summed E-state index contributed by atoms with van der Waals surface area (Å²) in [4.78, 5) is 37.8. The molecule has 9 aromatic rings. The molecule has 82 heavy (non-hydrogen) atoms. The molecule has 9 heteroatoms. The first-order valence-corrected chi connectivity index (χ1v) is 28.3. The Hall–Kier alpha value is -7.65. The Labute approximate surface area is 497 Å². The Bertz CT molecular complexity index is 3080. The lowest BCUT2D eigenvalue weighted by Gasteiger charge is -2.09. The summed E-state index contributed by atoms with van der Waals surface area (Å²) >= 11 is 0. The zero-order valence-corrected chi connectivity index (χ0v) is 55.8. The van der Waals surface area contributed by atoms with Crippen molar-refractivity contribution in [1.29, 1.82) is 0 Å². The number of nitrogens with zero attached hydrogens (tertiary/aromatic N) is 9. The van der Waals surface area contributed by atoms with Crippen molar-refractivity contribution in [3.63, 3.8) is 0 Å². The van der Waals surface area contributed by atoms with Gasteiger partial charge in [0.2, 0.25) is 0 Å². The maximum Gasteiger partial charge on any atom is 0.0407 e. The average molecular weight is 1100 g/mol. The minimum atomic E-state index is 1.10. The van der Waals surface area contributed by atoms with Crippen LogP contribution >= 0.6 is 0 Å². The second-order valence-electron chi connectivity index (χ2n) is 21.8. The third-order valence-corrected chi connectivity index (χ3v) is 14.5.